The number of urea groups is 1. The Morgan fingerprint density at radius 2 is 1.58 bits per heavy atom. The Kier molecular flexibility index (Phi) is 6.77. The first-order chi connectivity index (χ1) is 14.7. The highest BCUT2D eigenvalue weighted by Crippen LogP contribution is 2.52. The molecule has 0 aromatic heterocycles. The van der Waals surface area contributed by atoms with Crippen LogP contribution in [0.15, 0.2) is 60.7 Å². The van der Waals surface area contributed by atoms with Crippen molar-refractivity contribution >= 4 is 6.03 Å². The number of carbonyl (C=O) groups is 1. The molecule has 2 atom stereocenters. The minimum absolute atomic E-state index is 0.0775. The van der Waals surface area contributed by atoms with E-state index < -0.39 is 11.6 Å². The highest BCUT2D eigenvalue weighted by molar-refractivity contribution is 5.73. The maximum Gasteiger partial charge on any atom is 0.312 e. The largest absolute Gasteiger partial charge is 0.352 e. The molecule has 1 fully saturated rings. The van der Waals surface area contributed by atoms with Gasteiger partial charge in [-0.2, -0.15) is 5.06 Å². The van der Waals surface area contributed by atoms with E-state index in [9.17, 15) is 4.79 Å². The van der Waals surface area contributed by atoms with Crippen molar-refractivity contribution in [2.24, 2.45) is 5.73 Å². The van der Waals surface area contributed by atoms with Crippen LogP contribution in [0.4, 0.5) is 4.79 Å². The molecule has 2 amide bonds. The summed E-state index contributed by atoms with van der Waals surface area (Å²) in [6, 6.07) is 20.0. The molecule has 0 spiro atoms. The summed E-state index contributed by atoms with van der Waals surface area (Å²) in [5.41, 5.74) is 6.78. The molecule has 0 saturated carbocycles. The van der Waals surface area contributed by atoms with Gasteiger partial charge in [-0.05, 0) is 57.6 Å². The van der Waals surface area contributed by atoms with Gasteiger partial charge in [0.05, 0.1) is 5.54 Å². The maximum absolute atomic E-state index is 12.2. The van der Waals surface area contributed by atoms with Crippen molar-refractivity contribution < 1.29 is 9.63 Å². The zero-order valence-electron chi connectivity index (χ0n) is 19.5. The third-order valence-corrected chi connectivity index (χ3v) is 6.88. The second-order valence-corrected chi connectivity index (χ2v) is 9.49. The minimum Gasteiger partial charge on any atom is -0.352 e. The molecule has 0 aliphatic carbocycles. The molecule has 168 valence electrons. The summed E-state index contributed by atoms with van der Waals surface area (Å²) < 4.78 is 0. The number of hydrogen-bond donors (Lipinski definition) is 2. The van der Waals surface area contributed by atoms with Crippen LogP contribution in [0.25, 0.3) is 0 Å². The molecule has 2 unspecified atom stereocenters. The monoisotopic (exact) mass is 423 g/mol. The van der Waals surface area contributed by atoms with Gasteiger partial charge in [0.15, 0.2) is 0 Å². The fraction of sp³-hybridized carbons (Fsp3) is 0.500. The number of benzene rings is 2. The Morgan fingerprint density at radius 3 is 2.10 bits per heavy atom. The molecule has 1 aliphatic heterocycles. The third-order valence-electron chi connectivity index (χ3n) is 6.88. The number of nitrogens with one attached hydrogen (secondary N) is 1. The highest BCUT2D eigenvalue weighted by Gasteiger charge is 2.57. The van der Waals surface area contributed by atoms with Gasteiger partial charge >= 0.3 is 6.03 Å². The lowest BCUT2D eigenvalue weighted by atomic mass is 9.64. The molecule has 3 rings (SSSR count). The van der Waals surface area contributed by atoms with Crippen molar-refractivity contribution in [3.05, 3.63) is 71.8 Å². The highest BCUT2D eigenvalue weighted by atomic mass is 16.7. The topological polar surface area (TPSA) is 67.6 Å². The summed E-state index contributed by atoms with van der Waals surface area (Å²) in [6.45, 7) is 10.9. The van der Waals surface area contributed by atoms with Gasteiger partial charge in [0, 0.05) is 11.1 Å². The second-order valence-electron chi connectivity index (χ2n) is 9.49. The number of nitrogens with two attached hydrogens (primary N) is 1. The Hall–Kier alpha value is -2.37. The van der Waals surface area contributed by atoms with E-state index in [0.29, 0.717) is 6.42 Å². The quantitative estimate of drug-likeness (QED) is 0.602. The van der Waals surface area contributed by atoms with E-state index in [4.69, 9.17) is 10.6 Å². The normalized spacial score (nSPS) is 23.8. The van der Waals surface area contributed by atoms with Crippen LogP contribution in [-0.2, 0) is 10.4 Å². The zero-order valence-corrected chi connectivity index (χ0v) is 19.5. The van der Waals surface area contributed by atoms with Crippen molar-refractivity contribution in [2.45, 2.75) is 83.0 Å². The van der Waals surface area contributed by atoms with E-state index in [1.807, 2.05) is 36.4 Å². The van der Waals surface area contributed by atoms with Gasteiger partial charge in [-0.15, -0.1) is 0 Å². The van der Waals surface area contributed by atoms with Gasteiger partial charge in [0.25, 0.3) is 0 Å². The van der Waals surface area contributed by atoms with Crippen LogP contribution in [0.2, 0.25) is 0 Å². The molecule has 2 aromatic rings. The van der Waals surface area contributed by atoms with Crippen molar-refractivity contribution in [1.82, 2.24) is 10.4 Å². The van der Waals surface area contributed by atoms with Crippen LogP contribution in [0, 0.1) is 0 Å². The van der Waals surface area contributed by atoms with Gasteiger partial charge in [-0.3, -0.25) is 4.84 Å². The molecule has 2 aromatic carbocycles. The number of primary amides is 1. The van der Waals surface area contributed by atoms with Crippen LogP contribution in [0.5, 0.6) is 0 Å². The van der Waals surface area contributed by atoms with Gasteiger partial charge in [0.2, 0.25) is 0 Å². The number of carbonyl (C=O) groups excluding carboxylic acids is 1. The van der Waals surface area contributed by atoms with E-state index in [0.717, 1.165) is 30.4 Å². The summed E-state index contributed by atoms with van der Waals surface area (Å²) in [6.07, 6.45) is 3.12. The molecular weight excluding hydrogens is 386 g/mol. The molecule has 5 nitrogen and oxygen atoms in total. The predicted molar refractivity (Wildman–Crippen MR) is 125 cm³/mol. The molecule has 0 bridgehead atoms. The summed E-state index contributed by atoms with van der Waals surface area (Å²) in [4.78, 5) is 18.9. The Labute approximate surface area is 186 Å². The standard InChI is InChI=1S/C26H37N3O2/c1-6-25(7-2)19-26(28-23(27)30,22-16-12-9-13-17-22)18-24(4,5)29(25)31-20(3)21-14-10-8-11-15-21/h8-17,20H,6-7,18-19H2,1-5H3,(H3,27,28,30). The lowest BCUT2D eigenvalue weighted by molar-refractivity contribution is -0.323. The van der Waals surface area contributed by atoms with E-state index >= 15 is 0 Å². The number of piperidine rings is 1. The van der Waals surface area contributed by atoms with Gasteiger partial charge in [-0.1, -0.05) is 74.5 Å². The zero-order chi connectivity index (χ0) is 22.7. The van der Waals surface area contributed by atoms with E-state index in [-0.39, 0.29) is 17.2 Å². The van der Waals surface area contributed by atoms with Crippen molar-refractivity contribution in [1.29, 1.82) is 0 Å². The first-order valence-corrected chi connectivity index (χ1v) is 11.3. The van der Waals surface area contributed by atoms with Crippen LogP contribution in [0.3, 0.4) is 0 Å². The van der Waals surface area contributed by atoms with Crippen LogP contribution < -0.4 is 11.1 Å². The predicted octanol–water partition coefficient (Wildman–Crippen LogP) is 5.68. The van der Waals surface area contributed by atoms with Crippen molar-refractivity contribution in [3.63, 3.8) is 0 Å². The summed E-state index contributed by atoms with van der Waals surface area (Å²) >= 11 is 0. The van der Waals surface area contributed by atoms with Crippen molar-refractivity contribution in [3.8, 4) is 0 Å². The Bertz CT molecular complexity index is 865. The molecule has 3 N–H and O–H groups in total. The average molecular weight is 424 g/mol. The Morgan fingerprint density at radius 1 is 1.03 bits per heavy atom. The number of hydrogen-bond acceptors (Lipinski definition) is 3. The summed E-state index contributed by atoms with van der Waals surface area (Å²) in [7, 11) is 0. The SMILES string of the molecule is CCC1(CC)CC(NC(N)=O)(c2ccccc2)CC(C)(C)N1OC(C)c1ccccc1. The summed E-state index contributed by atoms with van der Waals surface area (Å²) in [5, 5.41) is 5.38. The smallest absolute Gasteiger partial charge is 0.312 e. The first-order valence-electron chi connectivity index (χ1n) is 11.3. The molecule has 1 heterocycles. The lowest BCUT2D eigenvalue weighted by Crippen LogP contribution is -2.69. The van der Waals surface area contributed by atoms with E-state index in [1.165, 1.54) is 0 Å². The van der Waals surface area contributed by atoms with Gasteiger partial charge < -0.3 is 11.1 Å². The fourth-order valence-corrected chi connectivity index (χ4v) is 5.49. The maximum atomic E-state index is 12.2. The number of nitrogens with zero attached hydrogens (tertiary/aromatic N) is 1. The van der Waals surface area contributed by atoms with Crippen LogP contribution in [-0.4, -0.2) is 22.2 Å². The number of amides is 2. The Balaban J connectivity index is 2.05. The van der Waals surface area contributed by atoms with Crippen LogP contribution >= 0.6 is 0 Å². The average Bonchev–Trinajstić information content (AvgIpc) is 2.76. The first kappa shape index (κ1) is 23.3. The third kappa shape index (κ3) is 4.63. The van der Waals surface area contributed by atoms with E-state index in [1.54, 1.807) is 0 Å². The second kappa shape index (κ2) is 9.01. The minimum atomic E-state index is -0.557. The molecular formula is C26H37N3O2. The molecule has 0 radical (unpaired) electrons. The van der Waals surface area contributed by atoms with Crippen LogP contribution in [0.1, 0.15) is 77.5 Å². The summed E-state index contributed by atoms with van der Waals surface area (Å²) in [5.74, 6) is 0. The lowest BCUT2D eigenvalue weighted by Gasteiger charge is -2.61. The fourth-order valence-electron chi connectivity index (χ4n) is 5.49. The van der Waals surface area contributed by atoms with E-state index in [2.05, 4.69) is 69.3 Å². The molecule has 1 saturated heterocycles. The number of rotatable bonds is 7. The van der Waals surface area contributed by atoms with Gasteiger partial charge in [0.1, 0.15) is 6.10 Å². The molecule has 5 heteroatoms. The van der Waals surface area contributed by atoms with Gasteiger partial charge in [-0.25, -0.2) is 4.79 Å². The molecule has 31 heavy (non-hydrogen) atoms. The number of hydroxylamine groups is 2. The molecule has 1 aliphatic rings. The van der Waals surface area contributed by atoms with Crippen molar-refractivity contribution in [2.75, 3.05) is 0 Å².